The van der Waals surface area contributed by atoms with Crippen molar-refractivity contribution in [1.29, 1.82) is 0 Å². The normalized spacial score (nSPS) is 12.2. The first-order chi connectivity index (χ1) is 6.63. The number of benzene rings is 1. The first-order valence-electron chi connectivity index (χ1n) is 4.27. The lowest BCUT2D eigenvalue weighted by molar-refractivity contribution is -0.131. The minimum absolute atomic E-state index is 0.165. The first-order valence-corrected chi connectivity index (χ1v) is 4.27. The number of carbonyl (C=O) groups is 1. The molecule has 0 radical (unpaired) electrons. The Bertz CT molecular complexity index is 308. The fraction of sp³-hybridized carbons (Fsp3) is 0.300. The zero-order chi connectivity index (χ0) is 10.6. The molecule has 0 aliphatic rings. The molecule has 0 amide bonds. The van der Waals surface area contributed by atoms with Crippen LogP contribution in [0.3, 0.4) is 0 Å². The molecule has 2 N–H and O–H groups in total. The maximum atomic E-state index is 10.6. The van der Waals surface area contributed by atoms with E-state index >= 15 is 0 Å². The van der Waals surface area contributed by atoms with Crippen molar-refractivity contribution in [2.24, 2.45) is 5.90 Å². The third-order valence-electron chi connectivity index (χ3n) is 1.82. The van der Waals surface area contributed by atoms with Gasteiger partial charge in [-0.05, 0) is 24.6 Å². The Morgan fingerprint density at radius 3 is 2.36 bits per heavy atom. The molecule has 76 valence electrons. The highest BCUT2D eigenvalue weighted by molar-refractivity contribution is 5.69. The Balaban J connectivity index is 2.73. The number of hydrogen-bond donors (Lipinski definition) is 1. The van der Waals surface area contributed by atoms with E-state index in [9.17, 15) is 4.79 Å². The highest BCUT2D eigenvalue weighted by Crippen LogP contribution is 2.18. The van der Waals surface area contributed by atoms with Crippen LogP contribution in [-0.2, 0) is 9.63 Å². The Hall–Kier alpha value is -1.39. The van der Waals surface area contributed by atoms with Crippen LogP contribution in [0.5, 0.6) is 5.75 Å². The van der Waals surface area contributed by atoms with Crippen molar-refractivity contribution < 1.29 is 14.4 Å². The third kappa shape index (κ3) is 2.83. The van der Waals surface area contributed by atoms with Crippen molar-refractivity contribution in [2.75, 3.05) is 0 Å². The van der Waals surface area contributed by atoms with Gasteiger partial charge in [-0.3, -0.25) is 9.63 Å². The van der Waals surface area contributed by atoms with Crippen molar-refractivity contribution in [3.8, 4) is 5.75 Å². The summed E-state index contributed by atoms with van der Waals surface area (Å²) in [7, 11) is 0. The molecule has 0 aromatic heterocycles. The fourth-order valence-corrected chi connectivity index (χ4v) is 1.05. The minimum atomic E-state index is -0.333. The Kier molecular flexibility index (Phi) is 3.62. The lowest BCUT2D eigenvalue weighted by Gasteiger charge is -2.09. The molecule has 14 heavy (non-hydrogen) atoms. The second-order valence-corrected chi connectivity index (χ2v) is 2.94. The van der Waals surface area contributed by atoms with Gasteiger partial charge < -0.3 is 4.74 Å². The molecule has 1 rings (SSSR count). The standard InChI is InChI=1S/C10H13NO3/c1-7(14-11)9-3-5-10(6-4-9)13-8(2)12/h3-7H,11H2,1-2H3. The van der Waals surface area contributed by atoms with Crippen LogP contribution in [0, 0.1) is 0 Å². The molecule has 0 saturated carbocycles. The van der Waals surface area contributed by atoms with Gasteiger partial charge in [0.05, 0.1) is 0 Å². The van der Waals surface area contributed by atoms with E-state index in [1.54, 1.807) is 24.3 Å². The van der Waals surface area contributed by atoms with E-state index in [0.717, 1.165) is 5.56 Å². The van der Waals surface area contributed by atoms with Gasteiger partial charge in [0.15, 0.2) is 0 Å². The van der Waals surface area contributed by atoms with Crippen LogP contribution in [0.2, 0.25) is 0 Å². The molecule has 0 aliphatic carbocycles. The monoisotopic (exact) mass is 195 g/mol. The molecule has 0 heterocycles. The van der Waals surface area contributed by atoms with Gasteiger partial charge in [-0.2, -0.15) is 0 Å². The molecule has 0 fully saturated rings. The van der Waals surface area contributed by atoms with E-state index in [-0.39, 0.29) is 12.1 Å². The summed E-state index contributed by atoms with van der Waals surface area (Å²) in [6.45, 7) is 3.19. The van der Waals surface area contributed by atoms with E-state index in [4.69, 9.17) is 10.6 Å². The van der Waals surface area contributed by atoms with E-state index in [0.29, 0.717) is 5.75 Å². The molecule has 0 bridgehead atoms. The van der Waals surface area contributed by atoms with Crippen LogP contribution >= 0.6 is 0 Å². The molecule has 1 unspecified atom stereocenters. The predicted molar refractivity (Wildman–Crippen MR) is 51.4 cm³/mol. The molecule has 0 aliphatic heterocycles. The van der Waals surface area contributed by atoms with Crippen LogP contribution in [0.4, 0.5) is 0 Å². The molecular weight excluding hydrogens is 182 g/mol. The molecule has 1 aromatic carbocycles. The number of ether oxygens (including phenoxy) is 1. The maximum absolute atomic E-state index is 10.6. The number of carbonyl (C=O) groups excluding carboxylic acids is 1. The van der Waals surface area contributed by atoms with Crippen molar-refractivity contribution in [2.45, 2.75) is 20.0 Å². The Morgan fingerprint density at radius 2 is 1.93 bits per heavy atom. The number of rotatable bonds is 3. The highest BCUT2D eigenvalue weighted by Gasteiger charge is 2.04. The Morgan fingerprint density at radius 1 is 1.36 bits per heavy atom. The highest BCUT2D eigenvalue weighted by atomic mass is 16.6. The quantitative estimate of drug-likeness (QED) is 0.451. The average Bonchev–Trinajstić information content (AvgIpc) is 2.17. The molecular formula is C10H13NO3. The summed E-state index contributed by atoms with van der Waals surface area (Å²) in [6.07, 6.45) is -0.165. The van der Waals surface area contributed by atoms with E-state index in [1.165, 1.54) is 6.92 Å². The third-order valence-corrected chi connectivity index (χ3v) is 1.82. The zero-order valence-corrected chi connectivity index (χ0v) is 8.19. The summed E-state index contributed by atoms with van der Waals surface area (Å²) < 4.78 is 4.87. The van der Waals surface area contributed by atoms with Crippen molar-refractivity contribution in [1.82, 2.24) is 0 Å². The lowest BCUT2D eigenvalue weighted by atomic mass is 10.1. The minimum Gasteiger partial charge on any atom is -0.427 e. The molecule has 0 saturated heterocycles. The average molecular weight is 195 g/mol. The maximum Gasteiger partial charge on any atom is 0.308 e. The van der Waals surface area contributed by atoms with Gasteiger partial charge >= 0.3 is 5.97 Å². The predicted octanol–water partition coefficient (Wildman–Crippen LogP) is 1.56. The Labute approximate surface area is 82.6 Å². The summed E-state index contributed by atoms with van der Waals surface area (Å²) in [5.74, 6) is 5.22. The zero-order valence-electron chi connectivity index (χ0n) is 8.19. The van der Waals surface area contributed by atoms with Gasteiger partial charge in [-0.15, -0.1) is 0 Å². The van der Waals surface area contributed by atoms with E-state index in [2.05, 4.69) is 4.84 Å². The second-order valence-electron chi connectivity index (χ2n) is 2.94. The van der Waals surface area contributed by atoms with Gasteiger partial charge in [-0.1, -0.05) is 12.1 Å². The van der Waals surface area contributed by atoms with Gasteiger partial charge in [-0.25, -0.2) is 5.90 Å². The van der Waals surface area contributed by atoms with Crippen LogP contribution in [0.15, 0.2) is 24.3 Å². The summed E-state index contributed by atoms with van der Waals surface area (Å²) >= 11 is 0. The van der Waals surface area contributed by atoms with Crippen molar-refractivity contribution >= 4 is 5.97 Å². The van der Waals surface area contributed by atoms with E-state index < -0.39 is 0 Å². The van der Waals surface area contributed by atoms with Crippen molar-refractivity contribution in [3.63, 3.8) is 0 Å². The molecule has 1 aromatic rings. The summed E-state index contributed by atoms with van der Waals surface area (Å²) in [5, 5.41) is 0. The van der Waals surface area contributed by atoms with Crippen LogP contribution in [0.1, 0.15) is 25.5 Å². The molecule has 0 spiro atoms. The molecule has 4 nitrogen and oxygen atoms in total. The lowest BCUT2D eigenvalue weighted by Crippen LogP contribution is -2.05. The largest absolute Gasteiger partial charge is 0.427 e. The SMILES string of the molecule is CC(=O)Oc1ccc(C(C)ON)cc1. The summed E-state index contributed by atoms with van der Waals surface area (Å²) in [5.41, 5.74) is 0.934. The molecule has 1 atom stereocenters. The number of nitrogens with two attached hydrogens (primary N) is 1. The topological polar surface area (TPSA) is 61.5 Å². The van der Waals surface area contributed by atoms with Crippen LogP contribution < -0.4 is 10.6 Å². The molecule has 4 heteroatoms. The van der Waals surface area contributed by atoms with Gasteiger partial charge in [0.2, 0.25) is 0 Å². The fourth-order valence-electron chi connectivity index (χ4n) is 1.05. The van der Waals surface area contributed by atoms with Gasteiger partial charge in [0.25, 0.3) is 0 Å². The van der Waals surface area contributed by atoms with Crippen LogP contribution in [0.25, 0.3) is 0 Å². The van der Waals surface area contributed by atoms with Crippen molar-refractivity contribution in [3.05, 3.63) is 29.8 Å². The van der Waals surface area contributed by atoms with E-state index in [1.807, 2.05) is 6.92 Å². The van der Waals surface area contributed by atoms with Gasteiger partial charge in [0.1, 0.15) is 11.9 Å². The summed E-state index contributed by atoms with van der Waals surface area (Å²) in [4.78, 5) is 15.3. The van der Waals surface area contributed by atoms with Crippen LogP contribution in [-0.4, -0.2) is 5.97 Å². The van der Waals surface area contributed by atoms with Gasteiger partial charge in [0, 0.05) is 6.92 Å². The second kappa shape index (κ2) is 4.74. The summed E-state index contributed by atoms with van der Waals surface area (Å²) in [6, 6.07) is 7.00. The first kappa shape index (κ1) is 10.7. The number of hydrogen-bond acceptors (Lipinski definition) is 4. The number of esters is 1. The smallest absolute Gasteiger partial charge is 0.308 e.